The molecule has 166 valence electrons. The third-order valence-electron chi connectivity index (χ3n) is 9.61. The fraction of sp³-hybridized carbons (Fsp3) is 0.643. The summed E-state index contributed by atoms with van der Waals surface area (Å²) in [4.78, 5) is 24.7. The van der Waals surface area contributed by atoms with Crippen LogP contribution in [0.5, 0.6) is 0 Å². The molecule has 4 aliphatic carbocycles. The Kier molecular flexibility index (Phi) is 5.35. The summed E-state index contributed by atoms with van der Waals surface area (Å²) in [5.74, 6) is 2.34. The van der Waals surface area contributed by atoms with Crippen molar-refractivity contribution in [3.63, 3.8) is 0 Å². The molecule has 3 fully saturated rings. The Hall–Kier alpha value is -1.90. The predicted octanol–water partition coefficient (Wildman–Crippen LogP) is 6.06. The standard InChI is InChI=1S/C28H36O3/c1-27-16-14-21(29)18-20(27)9-10-22-23-11-12-25(28(23,2)17-15-24(22)27)31-26(30)13-8-19-6-4-3-5-7-19/h3-7,18,22-25H,8-17H2,1-2H3/t22-,23-,24-,25+,27+,28-/m1/s1. The van der Waals surface area contributed by atoms with Crippen molar-refractivity contribution in [3.05, 3.63) is 47.5 Å². The van der Waals surface area contributed by atoms with Crippen molar-refractivity contribution in [2.75, 3.05) is 0 Å². The van der Waals surface area contributed by atoms with E-state index in [2.05, 4.69) is 26.0 Å². The topological polar surface area (TPSA) is 43.4 Å². The number of fused-ring (bicyclic) bond motifs is 5. The second-order valence-corrected chi connectivity index (χ2v) is 11.1. The number of rotatable bonds is 4. The van der Waals surface area contributed by atoms with E-state index in [4.69, 9.17) is 4.74 Å². The Bertz CT molecular complexity index is 887. The van der Waals surface area contributed by atoms with Crippen molar-refractivity contribution in [3.8, 4) is 0 Å². The van der Waals surface area contributed by atoms with Crippen LogP contribution in [0, 0.1) is 28.6 Å². The third-order valence-corrected chi connectivity index (χ3v) is 9.61. The molecule has 3 heteroatoms. The van der Waals surface area contributed by atoms with Crippen LogP contribution in [0.2, 0.25) is 0 Å². The van der Waals surface area contributed by atoms with Crippen LogP contribution >= 0.6 is 0 Å². The van der Waals surface area contributed by atoms with Gasteiger partial charge in [0.15, 0.2) is 5.78 Å². The number of ketones is 1. The summed E-state index contributed by atoms with van der Waals surface area (Å²) in [7, 11) is 0. The van der Waals surface area contributed by atoms with E-state index in [0.717, 1.165) is 32.1 Å². The first-order valence-electron chi connectivity index (χ1n) is 12.4. The number of ether oxygens (including phenoxy) is 1. The van der Waals surface area contributed by atoms with E-state index in [1.165, 1.54) is 30.4 Å². The van der Waals surface area contributed by atoms with Gasteiger partial charge in [-0.25, -0.2) is 0 Å². The van der Waals surface area contributed by atoms with E-state index in [1.54, 1.807) is 0 Å². The zero-order chi connectivity index (χ0) is 21.6. The lowest BCUT2D eigenvalue weighted by atomic mass is 9.47. The minimum absolute atomic E-state index is 0.0375. The van der Waals surface area contributed by atoms with Crippen molar-refractivity contribution in [1.82, 2.24) is 0 Å². The molecule has 0 N–H and O–H groups in total. The molecule has 0 unspecified atom stereocenters. The summed E-state index contributed by atoms with van der Waals surface area (Å²) >= 11 is 0. The summed E-state index contributed by atoms with van der Waals surface area (Å²) in [5, 5.41) is 0. The van der Waals surface area contributed by atoms with E-state index in [1.807, 2.05) is 24.3 Å². The quantitative estimate of drug-likeness (QED) is 0.556. The Morgan fingerprint density at radius 2 is 1.81 bits per heavy atom. The van der Waals surface area contributed by atoms with Gasteiger partial charge < -0.3 is 4.74 Å². The third kappa shape index (κ3) is 3.58. The van der Waals surface area contributed by atoms with Crippen LogP contribution < -0.4 is 0 Å². The molecule has 0 aromatic heterocycles. The lowest BCUT2D eigenvalue weighted by Gasteiger charge is -2.57. The second kappa shape index (κ2) is 7.90. The molecule has 3 saturated carbocycles. The van der Waals surface area contributed by atoms with Crippen LogP contribution in [-0.4, -0.2) is 17.9 Å². The van der Waals surface area contributed by atoms with Crippen molar-refractivity contribution in [2.24, 2.45) is 28.6 Å². The molecular formula is C28H36O3. The SMILES string of the molecule is C[C@@]12CC[C@@H]3[C@H](CCC4=CC(=O)CC[C@@]43C)[C@H]1CC[C@@H]2OC(=O)CCc1ccccc1. The molecule has 1 aromatic carbocycles. The van der Waals surface area contributed by atoms with E-state index in [9.17, 15) is 9.59 Å². The molecule has 4 aliphatic rings. The average Bonchev–Trinajstić information content (AvgIpc) is 3.10. The number of carbonyl (C=O) groups is 2. The number of allylic oxidation sites excluding steroid dienone is 1. The molecule has 0 aliphatic heterocycles. The molecule has 5 rings (SSSR count). The normalized spacial score (nSPS) is 39.2. The van der Waals surface area contributed by atoms with Crippen LogP contribution in [-0.2, 0) is 20.7 Å². The van der Waals surface area contributed by atoms with Crippen LogP contribution in [0.3, 0.4) is 0 Å². The van der Waals surface area contributed by atoms with Gasteiger partial charge in [0, 0.05) is 18.3 Å². The van der Waals surface area contributed by atoms with Crippen LogP contribution in [0.4, 0.5) is 0 Å². The van der Waals surface area contributed by atoms with Gasteiger partial charge in [-0.2, -0.15) is 0 Å². The summed E-state index contributed by atoms with van der Waals surface area (Å²) < 4.78 is 6.14. The number of carbonyl (C=O) groups excluding carboxylic acids is 2. The number of aryl methyl sites for hydroxylation is 1. The zero-order valence-corrected chi connectivity index (χ0v) is 19.1. The minimum atomic E-state index is -0.0375. The molecule has 3 nitrogen and oxygen atoms in total. The Labute approximate surface area is 186 Å². The fourth-order valence-corrected chi connectivity index (χ4v) is 7.81. The van der Waals surface area contributed by atoms with Gasteiger partial charge in [0.2, 0.25) is 0 Å². The molecule has 1 aromatic rings. The highest BCUT2D eigenvalue weighted by atomic mass is 16.5. The van der Waals surface area contributed by atoms with Gasteiger partial charge in [-0.3, -0.25) is 9.59 Å². The number of esters is 1. The van der Waals surface area contributed by atoms with Crippen LogP contribution in [0.15, 0.2) is 42.0 Å². The molecule has 0 radical (unpaired) electrons. The first-order valence-corrected chi connectivity index (χ1v) is 12.4. The fourth-order valence-electron chi connectivity index (χ4n) is 7.81. The summed E-state index contributed by atoms with van der Waals surface area (Å²) in [6, 6.07) is 10.2. The Morgan fingerprint density at radius 3 is 2.61 bits per heavy atom. The summed E-state index contributed by atoms with van der Waals surface area (Å²) in [5.41, 5.74) is 2.95. The second-order valence-electron chi connectivity index (χ2n) is 11.1. The molecule has 0 bridgehead atoms. The van der Waals surface area contributed by atoms with Crippen molar-refractivity contribution < 1.29 is 14.3 Å². The van der Waals surface area contributed by atoms with Gasteiger partial charge in [-0.1, -0.05) is 49.8 Å². The number of hydrogen-bond donors (Lipinski definition) is 0. The summed E-state index contributed by atoms with van der Waals surface area (Å²) in [6.45, 7) is 4.83. The predicted molar refractivity (Wildman–Crippen MR) is 121 cm³/mol. The van der Waals surface area contributed by atoms with Gasteiger partial charge in [0.25, 0.3) is 0 Å². The minimum Gasteiger partial charge on any atom is -0.462 e. The van der Waals surface area contributed by atoms with E-state index in [-0.39, 0.29) is 22.9 Å². The molecule has 0 amide bonds. The molecule has 31 heavy (non-hydrogen) atoms. The molecule has 6 atom stereocenters. The Morgan fingerprint density at radius 1 is 1.00 bits per heavy atom. The highest BCUT2D eigenvalue weighted by Gasteiger charge is 2.59. The average molecular weight is 421 g/mol. The smallest absolute Gasteiger partial charge is 0.306 e. The molecular weight excluding hydrogens is 384 g/mol. The van der Waals surface area contributed by atoms with Gasteiger partial charge >= 0.3 is 5.97 Å². The first-order chi connectivity index (χ1) is 14.9. The maximum Gasteiger partial charge on any atom is 0.306 e. The van der Waals surface area contributed by atoms with Crippen LogP contribution in [0.25, 0.3) is 0 Å². The van der Waals surface area contributed by atoms with Crippen molar-refractivity contribution >= 4 is 11.8 Å². The largest absolute Gasteiger partial charge is 0.462 e. The maximum absolute atomic E-state index is 12.7. The molecule has 0 heterocycles. The van der Waals surface area contributed by atoms with Crippen molar-refractivity contribution in [2.45, 2.75) is 84.2 Å². The zero-order valence-electron chi connectivity index (χ0n) is 19.1. The van der Waals surface area contributed by atoms with E-state index in [0.29, 0.717) is 36.4 Å². The monoisotopic (exact) mass is 420 g/mol. The number of benzene rings is 1. The van der Waals surface area contributed by atoms with E-state index >= 15 is 0 Å². The number of hydrogen-bond acceptors (Lipinski definition) is 3. The molecule has 0 saturated heterocycles. The van der Waals surface area contributed by atoms with E-state index < -0.39 is 0 Å². The Balaban J connectivity index is 1.26. The van der Waals surface area contributed by atoms with Gasteiger partial charge in [-0.15, -0.1) is 0 Å². The van der Waals surface area contributed by atoms with Crippen LogP contribution in [0.1, 0.15) is 77.2 Å². The first kappa shape index (κ1) is 21.0. The van der Waals surface area contributed by atoms with Gasteiger partial charge in [0.05, 0.1) is 0 Å². The summed E-state index contributed by atoms with van der Waals surface area (Å²) in [6.07, 6.45) is 11.8. The highest BCUT2D eigenvalue weighted by Crippen LogP contribution is 2.65. The lowest BCUT2D eigenvalue weighted by molar-refractivity contribution is -0.159. The lowest BCUT2D eigenvalue weighted by Crippen LogP contribution is -2.51. The van der Waals surface area contributed by atoms with Gasteiger partial charge in [-0.05, 0) is 86.2 Å². The highest BCUT2D eigenvalue weighted by molar-refractivity contribution is 5.91. The molecule has 0 spiro atoms. The van der Waals surface area contributed by atoms with Gasteiger partial charge in [0.1, 0.15) is 6.10 Å². The maximum atomic E-state index is 12.7. The van der Waals surface area contributed by atoms with Crippen molar-refractivity contribution in [1.29, 1.82) is 0 Å².